The number of allylic oxidation sites excluding steroid dienone is 2. The van der Waals surface area contributed by atoms with Gasteiger partial charge >= 0.3 is 14.2 Å². The minimum Gasteiger partial charge on any atom is -0.520 e. The van der Waals surface area contributed by atoms with Crippen LogP contribution >= 0.6 is 0 Å². The van der Waals surface area contributed by atoms with Crippen LogP contribution in [0.25, 0.3) is 0 Å². The van der Waals surface area contributed by atoms with Gasteiger partial charge in [-0.1, -0.05) is 36.4 Å². The molecule has 0 aliphatic carbocycles. The van der Waals surface area contributed by atoms with Gasteiger partial charge in [0.25, 0.3) is 0 Å². The smallest absolute Gasteiger partial charge is 0.520 e. The Labute approximate surface area is 154 Å². The standard InChI is InChI=1S/C20H20B2O4/c1(3-9-15-21-23-17-11-5-6-12-18(17)24-21)2-4-10-16-22-25-19-13-7-8-14-20(19)26-22/h5-16H,1-4H2/b15-9+,16-10+. The number of hydrogen-bond donors (Lipinski definition) is 0. The molecule has 2 heterocycles. The zero-order chi connectivity index (χ0) is 17.6. The van der Waals surface area contributed by atoms with Gasteiger partial charge in [0.15, 0.2) is 0 Å². The summed E-state index contributed by atoms with van der Waals surface area (Å²) in [6.07, 6.45) is 8.50. The Morgan fingerprint density at radius 1 is 0.577 bits per heavy atom. The van der Waals surface area contributed by atoms with Crippen molar-refractivity contribution in [2.75, 3.05) is 0 Å². The SMILES string of the molecule is C(=C\B1Oc2ccccc2O1)/CCCC/C=C/B1Oc2ccccc2O1. The van der Waals surface area contributed by atoms with E-state index in [9.17, 15) is 0 Å². The van der Waals surface area contributed by atoms with E-state index < -0.39 is 0 Å². The maximum atomic E-state index is 5.69. The summed E-state index contributed by atoms with van der Waals surface area (Å²) < 4.78 is 22.8. The Hall–Kier alpha value is -2.75. The Balaban J connectivity index is 1.10. The van der Waals surface area contributed by atoms with E-state index in [0.717, 1.165) is 48.7 Å². The predicted octanol–water partition coefficient (Wildman–Crippen LogP) is 4.66. The molecule has 0 spiro atoms. The van der Waals surface area contributed by atoms with Crippen molar-refractivity contribution in [2.24, 2.45) is 0 Å². The quantitative estimate of drug-likeness (QED) is 0.540. The molecule has 4 rings (SSSR count). The summed E-state index contributed by atoms with van der Waals surface area (Å²) in [4.78, 5) is 0. The molecule has 0 atom stereocenters. The highest BCUT2D eigenvalue weighted by atomic mass is 16.6. The maximum Gasteiger partial charge on any atom is 0.624 e. The largest absolute Gasteiger partial charge is 0.624 e. The van der Waals surface area contributed by atoms with Gasteiger partial charge in [-0.05, 0) is 61.9 Å². The molecule has 0 unspecified atom stereocenters. The van der Waals surface area contributed by atoms with Gasteiger partial charge in [0.2, 0.25) is 0 Å². The van der Waals surface area contributed by atoms with E-state index in [4.69, 9.17) is 18.6 Å². The molecule has 0 bridgehead atoms. The lowest BCUT2D eigenvalue weighted by Gasteiger charge is -1.99. The lowest BCUT2D eigenvalue weighted by atomic mass is 9.89. The number of unbranched alkanes of at least 4 members (excludes halogenated alkanes) is 3. The summed E-state index contributed by atoms with van der Waals surface area (Å²) in [6.45, 7) is 0. The van der Waals surface area contributed by atoms with Crippen molar-refractivity contribution in [3.05, 3.63) is 72.6 Å². The fourth-order valence-corrected chi connectivity index (χ4v) is 2.93. The number of hydrogen-bond acceptors (Lipinski definition) is 4. The molecule has 0 fully saturated rings. The highest BCUT2D eigenvalue weighted by Gasteiger charge is 2.29. The first-order valence-corrected chi connectivity index (χ1v) is 9.06. The molecule has 4 nitrogen and oxygen atoms in total. The third-order valence-corrected chi connectivity index (χ3v) is 4.25. The van der Waals surface area contributed by atoms with Crippen LogP contribution in [0.2, 0.25) is 0 Å². The molecule has 0 radical (unpaired) electrons. The van der Waals surface area contributed by atoms with Crippen LogP contribution in [-0.2, 0) is 0 Å². The van der Waals surface area contributed by atoms with Crippen LogP contribution in [0.5, 0.6) is 23.0 Å². The molecular formula is C20H20B2O4. The van der Waals surface area contributed by atoms with Crippen LogP contribution < -0.4 is 18.6 Å². The zero-order valence-electron chi connectivity index (χ0n) is 14.5. The normalized spacial score (nSPS) is 14.8. The zero-order valence-corrected chi connectivity index (χ0v) is 14.5. The minimum atomic E-state index is -0.300. The summed E-state index contributed by atoms with van der Waals surface area (Å²) in [5, 5.41) is 0. The van der Waals surface area contributed by atoms with Crippen LogP contribution in [0.1, 0.15) is 25.7 Å². The lowest BCUT2D eigenvalue weighted by Crippen LogP contribution is -2.21. The van der Waals surface area contributed by atoms with Gasteiger partial charge in [-0.15, -0.1) is 0 Å². The van der Waals surface area contributed by atoms with E-state index in [1.54, 1.807) is 0 Å². The molecule has 0 saturated carbocycles. The van der Waals surface area contributed by atoms with E-state index in [-0.39, 0.29) is 14.2 Å². The van der Waals surface area contributed by atoms with Crippen LogP contribution in [0.3, 0.4) is 0 Å². The van der Waals surface area contributed by atoms with Crippen molar-refractivity contribution >= 4 is 14.2 Å². The van der Waals surface area contributed by atoms with Crippen molar-refractivity contribution < 1.29 is 18.6 Å². The minimum absolute atomic E-state index is 0.300. The Kier molecular flexibility index (Phi) is 5.19. The van der Waals surface area contributed by atoms with Gasteiger partial charge in [-0.3, -0.25) is 0 Å². The summed E-state index contributed by atoms with van der Waals surface area (Å²) in [5.41, 5.74) is 0. The van der Waals surface area contributed by atoms with Crippen LogP contribution in [-0.4, -0.2) is 14.2 Å². The summed E-state index contributed by atoms with van der Waals surface area (Å²) >= 11 is 0. The fourth-order valence-electron chi connectivity index (χ4n) is 2.93. The van der Waals surface area contributed by atoms with Gasteiger partial charge in [-0.25, -0.2) is 0 Å². The molecule has 2 aliphatic heterocycles. The van der Waals surface area contributed by atoms with Crippen LogP contribution in [0.15, 0.2) is 72.6 Å². The van der Waals surface area contributed by atoms with Crippen molar-refractivity contribution in [1.29, 1.82) is 0 Å². The Morgan fingerprint density at radius 3 is 1.27 bits per heavy atom. The third-order valence-electron chi connectivity index (χ3n) is 4.25. The molecule has 6 heteroatoms. The molecule has 2 aromatic rings. The van der Waals surface area contributed by atoms with Crippen LogP contribution in [0.4, 0.5) is 0 Å². The third kappa shape index (κ3) is 4.07. The molecule has 130 valence electrons. The second-order valence-corrected chi connectivity index (χ2v) is 6.24. The fraction of sp³-hybridized carbons (Fsp3) is 0.200. The average Bonchev–Trinajstić information content (AvgIpc) is 3.26. The Bertz CT molecular complexity index is 688. The van der Waals surface area contributed by atoms with Crippen molar-refractivity contribution in [1.82, 2.24) is 0 Å². The predicted molar refractivity (Wildman–Crippen MR) is 104 cm³/mol. The topological polar surface area (TPSA) is 36.9 Å². The Morgan fingerprint density at radius 2 is 0.923 bits per heavy atom. The molecular weight excluding hydrogens is 326 g/mol. The molecule has 0 saturated heterocycles. The summed E-state index contributed by atoms with van der Waals surface area (Å²) in [5.74, 6) is 7.20. The van der Waals surface area contributed by atoms with E-state index in [2.05, 4.69) is 12.2 Å². The number of fused-ring (bicyclic) bond motifs is 2. The molecule has 26 heavy (non-hydrogen) atoms. The summed E-state index contributed by atoms with van der Waals surface area (Å²) in [6, 6.07) is 15.5. The van der Waals surface area contributed by atoms with Gasteiger partial charge in [-0.2, -0.15) is 0 Å². The first-order chi connectivity index (χ1) is 12.9. The van der Waals surface area contributed by atoms with Gasteiger partial charge in [0, 0.05) is 0 Å². The highest BCUT2D eigenvalue weighted by Crippen LogP contribution is 2.33. The van der Waals surface area contributed by atoms with Crippen molar-refractivity contribution in [3.8, 4) is 23.0 Å². The maximum absolute atomic E-state index is 5.69. The van der Waals surface area contributed by atoms with Crippen LogP contribution in [0, 0.1) is 0 Å². The summed E-state index contributed by atoms with van der Waals surface area (Å²) in [7, 11) is -0.601. The first kappa shape index (κ1) is 16.7. The average molecular weight is 346 g/mol. The van der Waals surface area contributed by atoms with E-state index in [1.807, 2.05) is 60.5 Å². The molecule has 0 amide bonds. The van der Waals surface area contributed by atoms with Gasteiger partial charge in [0.1, 0.15) is 23.0 Å². The van der Waals surface area contributed by atoms with Gasteiger partial charge in [0.05, 0.1) is 0 Å². The highest BCUT2D eigenvalue weighted by molar-refractivity contribution is 6.54. The lowest BCUT2D eigenvalue weighted by molar-refractivity contribution is 0.516. The first-order valence-electron chi connectivity index (χ1n) is 9.06. The van der Waals surface area contributed by atoms with Crippen molar-refractivity contribution in [2.45, 2.75) is 25.7 Å². The van der Waals surface area contributed by atoms with E-state index in [1.165, 1.54) is 0 Å². The monoisotopic (exact) mass is 346 g/mol. The molecule has 0 aromatic heterocycles. The second kappa shape index (κ2) is 8.09. The molecule has 2 aliphatic rings. The molecule has 0 N–H and O–H groups in total. The number of rotatable bonds is 7. The second-order valence-electron chi connectivity index (χ2n) is 6.24. The molecule has 2 aromatic carbocycles. The van der Waals surface area contributed by atoms with Gasteiger partial charge < -0.3 is 18.6 Å². The van der Waals surface area contributed by atoms with E-state index in [0.29, 0.717) is 0 Å². The van der Waals surface area contributed by atoms with Crippen molar-refractivity contribution in [3.63, 3.8) is 0 Å². The number of para-hydroxylation sites is 4. The number of benzene rings is 2. The van der Waals surface area contributed by atoms with E-state index >= 15 is 0 Å².